The first-order valence-electron chi connectivity index (χ1n) is 12.2. The van der Waals surface area contributed by atoms with Crippen molar-refractivity contribution in [2.45, 2.75) is 57.9 Å². The molecule has 0 bridgehead atoms. The number of aromatic amines is 1. The van der Waals surface area contributed by atoms with Crippen LogP contribution >= 0.6 is 24.0 Å². The van der Waals surface area contributed by atoms with Crippen LogP contribution in [0.5, 0.6) is 0 Å². The van der Waals surface area contributed by atoms with Crippen molar-refractivity contribution in [2.75, 3.05) is 45.9 Å². The zero-order valence-electron chi connectivity index (χ0n) is 19.7. The van der Waals surface area contributed by atoms with Gasteiger partial charge in [-0.1, -0.05) is 25.1 Å². The van der Waals surface area contributed by atoms with Crippen molar-refractivity contribution in [3.8, 4) is 0 Å². The highest BCUT2D eigenvalue weighted by Crippen LogP contribution is 2.31. The molecular weight excluding hydrogens is 513 g/mol. The zero-order chi connectivity index (χ0) is 21.5. The van der Waals surface area contributed by atoms with Crippen molar-refractivity contribution >= 4 is 40.8 Å². The Hall–Kier alpha value is -1.32. The molecule has 2 saturated heterocycles. The molecule has 0 radical (unpaired) electrons. The first-order valence-corrected chi connectivity index (χ1v) is 12.2. The van der Waals surface area contributed by atoms with Gasteiger partial charge < -0.3 is 20.4 Å². The summed E-state index contributed by atoms with van der Waals surface area (Å²) in [5, 5.41) is 8.37. The van der Waals surface area contributed by atoms with E-state index in [1.54, 1.807) is 0 Å². The van der Waals surface area contributed by atoms with E-state index < -0.39 is 0 Å². The van der Waals surface area contributed by atoms with E-state index in [2.05, 4.69) is 58.8 Å². The first kappa shape index (κ1) is 25.3. The van der Waals surface area contributed by atoms with Crippen molar-refractivity contribution in [1.29, 1.82) is 0 Å². The monoisotopic (exact) mass is 553 g/mol. The minimum atomic E-state index is 0. The predicted octanol–water partition coefficient (Wildman–Crippen LogP) is 4.09. The SMILES string of the molecule is CCNC(=NCC1(N2CCCC2)CCOCC1)NCCc1c[nH]c2c(CC)cccc12.I. The largest absolute Gasteiger partial charge is 0.381 e. The minimum absolute atomic E-state index is 0. The number of likely N-dealkylation sites (tertiary alicyclic amines) is 1. The summed E-state index contributed by atoms with van der Waals surface area (Å²) in [5.74, 6) is 0.932. The molecule has 32 heavy (non-hydrogen) atoms. The van der Waals surface area contributed by atoms with Crippen molar-refractivity contribution in [3.63, 3.8) is 0 Å². The molecule has 6 nitrogen and oxygen atoms in total. The number of para-hydroxylation sites is 1. The van der Waals surface area contributed by atoms with Crippen LogP contribution in [0.15, 0.2) is 29.4 Å². The van der Waals surface area contributed by atoms with E-state index >= 15 is 0 Å². The Balaban J connectivity index is 0.00000289. The Labute approximate surface area is 210 Å². The highest BCUT2D eigenvalue weighted by atomic mass is 127. The molecule has 2 aliphatic heterocycles. The lowest BCUT2D eigenvalue weighted by molar-refractivity contribution is -0.0139. The van der Waals surface area contributed by atoms with Gasteiger partial charge in [-0.05, 0) is 69.7 Å². The number of nitrogens with zero attached hydrogens (tertiary/aromatic N) is 2. The van der Waals surface area contributed by atoms with Gasteiger partial charge in [0.15, 0.2) is 5.96 Å². The van der Waals surface area contributed by atoms with Crippen LogP contribution in [0.25, 0.3) is 10.9 Å². The van der Waals surface area contributed by atoms with Gasteiger partial charge in [0.2, 0.25) is 0 Å². The number of aliphatic imine (C=N–C) groups is 1. The second-order valence-corrected chi connectivity index (χ2v) is 8.91. The second-order valence-electron chi connectivity index (χ2n) is 8.91. The Kier molecular flexibility index (Phi) is 9.67. The van der Waals surface area contributed by atoms with E-state index in [1.165, 1.54) is 48.0 Å². The van der Waals surface area contributed by atoms with Gasteiger partial charge in [-0.15, -0.1) is 24.0 Å². The van der Waals surface area contributed by atoms with Gasteiger partial charge in [0.25, 0.3) is 0 Å². The summed E-state index contributed by atoms with van der Waals surface area (Å²) in [7, 11) is 0. The van der Waals surface area contributed by atoms with Crippen LogP contribution < -0.4 is 10.6 Å². The van der Waals surface area contributed by atoms with Gasteiger partial charge >= 0.3 is 0 Å². The number of fused-ring (bicyclic) bond motifs is 1. The maximum Gasteiger partial charge on any atom is 0.191 e. The number of benzene rings is 1. The molecule has 178 valence electrons. The molecule has 0 unspecified atom stereocenters. The summed E-state index contributed by atoms with van der Waals surface area (Å²) in [5.41, 5.74) is 4.21. The van der Waals surface area contributed by atoms with Gasteiger partial charge in [0, 0.05) is 48.9 Å². The van der Waals surface area contributed by atoms with Gasteiger partial charge in [-0.25, -0.2) is 0 Å². The van der Waals surface area contributed by atoms with Crippen molar-refractivity contribution in [1.82, 2.24) is 20.5 Å². The van der Waals surface area contributed by atoms with Crippen LogP contribution in [0, 0.1) is 0 Å². The smallest absolute Gasteiger partial charge is 0.191 e. The Morgan fingerprint density at radius 1 is 1.12 bits per heavy atom. The Morgan fingerprint density at radius 3 is 2.62 bits per heavy atom. The molecule has 4 rings (SSSR count). The van der Waals surface area contributed by atoms with Crippen molar-refractivity contribution < 1.29 is 4.74 Å². The molecule has 0 saturated carbocycles. The van der Waals surface area contributed by atoms with Crippen LogP contribution in [-0.2, 0) is 17.6 Å². The molecule has 7 heteroatoms. The first-order chi connectivity index (χ1) is 15.3. The molecule has 2 fully saturated rings. The van der Waals surface area contributed by atoms with Crippen LogP contribution in [0.1, 0.15) is 50.7 Å². The molecule has 2 aliphatic rings. The molecule has 3 heterocycles. The number of halogens is 1. The molecule has 0 atom stereocenters. The maximum atomic E-state index is 5.69. The lowest BCUT2D eigenvalue weighted by Crippen LogP contribution is -2.54. The number of hydrogen-bond acceptors (Lipinski definition) is 3. The summed E-state index contributed by atoms with van der Waals surface area (Å²) in [6.45, 7) is 11.1. The van der Waals surface area contributed by atoms with Crippen LogP contribution in [-0.4, -0.2) is 67.3 Å². The standard InChI is InChI=1S/C25H39N5O.HI/c1-3-20-8-7-9-22-21(18-28-23(20)22)10-13-27-24(26-4-2)29-19-25(11-16-31-17-12-25)30-14-5-6-15-30;/h7-9,18,28H,3-6,10-17,19H2,1-2H3,(H2,26,27,29);1H. The van der Waals surface area contributed by atoms with E-state index in [4.69, 9.17) is 9.73 Å². The fourth-order valence-electron chi connectivity index (χ4n) is 5.18. The van der Waals surface area contributed by atoms with E-state index in [0.29, 0.717) is 0 Å². The molecular formula is C25H40IN5O. The van der Waals surface area contributed by atoms with Gasteiger partial charge in [-0.3, -0.25) is 9.89 Å². The lowest BCUT2D eigenvalue weighted by Gasteiger charge is -2.43. The molecule has 3 N–H and O–H groups in total. The molecule has 1 aromatic heterocycles. The summed E-state index contributed by atoms with van der Waals surface area (Å²) < 4.78 is 5.69. The van der Waals surface area contributed by atoms with E-state index in [9.17, 15) is 0 Å². The average molecular weight is 554 g/mol. The highest BCUT2D eigenvalue weighted by Gasteiger charge is 2.39. The van der Waals surface area contributed by atoms with Crippen LogP contribution in [0.3, 0.4) is 0 Å². The normalized spacial score (nSPS) is 19.1. The third-order valence-electron chi connectivity index (χ3n) is 7.03. The Morgan fingerprint density at radius 2 is 1.91 bits per heavy atom. The zero-order valence-corrected chi connectivity index (χ0v) is 22.0. The number of ether oxygens (including phenoxy) is 1. The maximum absolute atomic E-state index is 5.69. The number of aryl methyl sites for hydroxylation is 1. The number of hydrogen-bond donors (Lipinski definition) is 3. The highest BCUT2D eigenvalue weighted by molar-refractivity contribution is 14.0. The topological polar surface area (TPSA) is 64.7 Å². The minimum Gasteiger partial charge on any atom is -0.381 e. The Bertz CT molecular complexity index is 868. The lowest BCUT2D eigenvalue weighted by atomic mass is 9.88. The van der Waals surface area contributed by atoms with Gasteiger partial charge in [-0.2, -0.15) is 0 Å². The number of guanidine groups is 1. The van der Waals surface area contributed by atoms with Crippen LogP contribution in [0.4, 0.5) is 0 Å². The summed E-state index contributed by atoms with van der Waals surface area (Å²) >= 11 is 0. The molecule has 0 spiro atoms. The van der Waals surface area contributed by atoms with E-state index in [-0.39, 0.29) is 29.5 Å². The molecule has 2 aromatic rings. The predicted molar refractivity (Wildman–Crippen MR) is 144 cm³/mol. The molecule has 0 aliphatic carbocycles. The second kappa shape index (κ2) is 12.2. The molecule has 0 amide bonds. The summed E-state index contributed by atoms with van der Waals surface area (Å²) in [4.78, 5) is 11.2. The van der Waals surface area contributed by atoms with E-state index in [1.807, 2.05) is 0 Å². The van der Waals surface area contributed by atoms with Gasteiger partial charge in [0.1, 0.15) is 0 Å². The molecule has 1 aromatic carbocycles. The van der Waals surface area contributed by atoms with Gasteiger partial charge in [0.05, 0.1) is 6.54 Å². The quantitative estimate of drug-likeness (QED) is 0.262. The number of H-pyrrole nitrogens is 1. The third-order valence-corrected chi connectivity index (χ3v) is 7.03. The summed E-state index contributed by atoms with van der Waals surface area (Å²) in [6.07, 6.45) is 9.00. The average Bonchev–Trinajstić information content (AvgIpc) is 3.49. The fraction of sp³-hybridized carbons (Fsp3) is 0.640. The fourth-order valence-corrected chi connectivity index (χ4v) is 5.18. The van der Waals surface area contributed by atoms with Crippen molar-refractivity contribution in [3.05, 3.63) is 35.5 Å². The summed E-state index contributed by atoms with van der Waals surface area (Å²) in [6, 6.07) is 6.61. The van der Waals surface area contributed by atoms with E-state index in [0.717, 1.165) is 64.5 Å². The third kappa shape index (κ3) is 5.78. The van der Waals surface area contributed by atoms with Crippen LogP contribution in [0.2, 0.25) is 0 Å². The number of rotatable bonds is 8. The van der Waals surface area contributed by atoms with Crippen molar-refractivity contribution in [2.24, 2.45) is 4.99 Å². The number of aromatic nitrogens is 1. The number of nitrogens with one attached hydrogen (secondary N) is 3.